The summed E-state index contributed by atoms with van der Waals surface area (Å²) < 4.78 is 57.4. The van der Waals surface area contributed by atoms with Crippen LogP contribution < -0.4 is 63.1 Å². The van der Waals surface area contributed by atoms with Gasteiger partial charge in [-0.15, -0.1) is 0 Å². The number of nitrogen functional groups attached to an aromatic ring is 4. The molecule has 27 atom stereocenters. The third-order valence-electron chi connectivity index (χ3n) is 20.0. The molecule has 0 aromatic carbocycles. The zero-order valence-electron chi connectivity index (χ0n) is 74.6. The summed E-state index contributed by atoms with van der Waals surface area (Å²) in [6, 6.07) is 3.48. The molecule has 8 aromatic rings. The maximum atomic E-state index is 12.3. The fraction of sp³-hybridized carbons (Fsp3) is 0.737. The van der Waals surface area contributed by atoms with E-state index in [9.17, 15) is 48.5 Å². The van der Waals surface area contributed by atoms with E-state index >= 15 is 0 Å². The number of fused-ring (bicyclic) bond motifs is 4. The first-order valence-electron chi connectivity index (χ1n) is 42.2. The van der Waals surface area contributed by atoms with Gasteiger partial charge in [0.2, 0.25) is 0 Å². The van der Waals surface area contributed by atoms with E-state index in [1.165, 1.54) is 102 Å². The van der Waals surface area contributed by atoms with Crippen LogP contribution in [-0.4, -0.2) is 362 Å². The van der Waals surface area contributed by atoms with Gasteiger partial charge in [-0.3, -0.25) is 4.57 Å². The van der Waals surface area contributed by atoms with E-state index in [1.807, 2.05) is 12.7 Å². The summed E-state index contributed by atoms with van der Waals surface area (Å²) in [7, 11) is 0. The third-order valence-corrected chi connectivity index (χ3v) is 34.3. The summed E-state index contributed by atoms with van der Waals surface area (Å²) in [6.07, 6.45) is 7.88. The molecular weight excluding hydrogens is 2100 g/mol. The molecule has 126 heavy (non-hydrogen) atoms. The van der Waals surface area contributed by atoms with E-state index in [2.05, 4.69) is 192 Å². The molecule has 8 unspecified atom stereocenters. The van der Waals surface area contributed by atoms with Crippen LogP contribution in [0.4, 0.5) is 23.3 Å². The van der Waals surface area contributed by atoms with E-state index in [-0.39, 0.29) is 46.8 Å². The first kappa shape index (κ1) is 112. The number of hydrogen-bond donors (Lipinski definition) is 20. The topological polar surface area (TPSA) is 734 Å². The van der Waals surface area contributed by atoms with Gasteiger partial charge in [-0.05, 0) is 19.3 Å². The predicted octanol–water partition coefficient (Wildman–Crippen LogP) is -5.94. The van der Waals surface area contributed by atoms with E-state index in [1.54, 1.807) is 9.13 Å². The van der Waals surface area contributed by atoms with Crippen molar-refractivity contribution in [3.8, 4) is 0 Å². The minimum absolute atomic E-state index is 0.218. The molecule has 718 valence electrons. The normalized spacial score (nSPS) is 26.8. The molecule has 50 heteroatoms. The average molecular weight is 2250 g/mol. The van der Waals surface area contributed by atoms with E-state index in [0.717, 1.165) is 79.2 Å². The number of nitrogens with zero attached hydrogens (tertiary/aromatic N) is 16. The Balaban J connectivity index is 0.000000266. The molecule has 0 spiro atoms. The minimum Gasteiger partial charge on any atom is -0.394 e. The fourth-order valence-electron chi connectivity index (χ4n) is 12.4. The number of rotatable bonds is 30. The number of aliphatic hydroxyl groups is 9. The van der Waals surface area contributed by atoms with E-state index in [4.69, 9.17) is 51.7 Å². The number of aliphatic hydroxyl groups excluding tert-OH is 9. The van der Waals surface area contributed by atoms with Gasteiger partial charge in [-0.1, -0.05) is 6.92 Å². The van der Waals surface area contributed by atoms with Crippen molar-refractivity contribution in [2.45, 2.75) is 330 Å². The average Bonchev–Trinajstić information content (AvgIpc) is 1.64. The molecule has 0 aliphatic carbocycles. The van der Waals surface area contributed by atoms with Crippen molar-refractivity contribution < 1.29 is 117 Å². The van der Waals surface area contributed by atoms with Gasteiger partial charge in [0.1, 0.15) is 30.2 Å². The Hall–Kier alpha value is -4.20. The maximum absolute atomic E-state index is 12.3. The van der Waals surface area contributed by atoms with Crippen molar-refractivity contribution in [3.05, 3.63) is 50.6 Å². The monoisotopic (exact) mass is 2250 g/mol. The summed E-state index contributed by atoms with van der Waals surface area (Å²) >= 11 is 1.60. The zero-order chi connectivity index (χ0) is 93.8. The molecule has 5 aliphatic rings. The van der Waals surface area contributed by atoms with Gasteiger partial charge in [0.05, 0.1) is 19.0 Å². The van der Waals surface area contributed by atoms with Crippen LogP contribution in [0.15, 0.2) is 50.6 Å². The molecule has 5 fully saturated rings. The predicted molar refractivity (Wildman–Crippen MR) is 485 cm³/mol. The van der Waals surface area contributed by atoms with Crippen molar-refractivity contribution in [2.75, 3.05) is 36.1 Å². The van der Waals surface area contributed by atoms with Crippen molar-refractivity contribution in [3.63, 3.8) is 0 Å². The molecule has 43 nitrogen and oxygen atoms in total. The molecule has 0 amide bonds. The van der Waals surface area contributed by atoms with Crippen LogP contribution in [0.2, 0.25) is 70.7 Å². The van der Waals surface area contributed by atoms with Gasteiger partial charge >= 0.3 is 634 Å². The first-order chi connectivity index (χ1) is 59.7. The molecule has 5 saturated heterocycles. The maximum Gasteiger partial charge on any atom is 0.167 e. The number of quaternary nitrogens is 7. The number of aromatic nitrogens is 16. The molecule has 0 bridgehead atoms. The van der Waals surface area contributed by atoms with Crippen molar-refractivity contribution in [2.24, 2.45) is 0 Å². The van der Waals surface area contributed by atoms with Crippen LogP contribution in [-0.2, 0) is 31.4 Å². The van der Waals surface area contributed by atoms with Crippen LogP contribution in [0.1, 0.15) is 138 Å². The van der Waals surface area contributed by atoms with Crippen molar-refractivity contribution in [1.82, 2.24) is 78.1 Å². The third kappa shape index (κ3) is 35.6. The Labute approximate surface area is 778 Å². The van der Waals surface area contributed by atoms with Gasteiger partial charge in [-0.25, -0.2) is 15.0 Å². The molecule has 13 heterocycles. The van der Waals surface area contributed by atoms with Crippen LogP contribution in [0.3, 0.4) is 0 Å². The van der Waals surface area contributed by atoms with E-state index in [0.29, 0.717) is 107 Å². The standard InChI is InChI=1S/C15H26N6O3Se.C14H22N6O4Se.C14H22N6O3Se.C10H13N5O4.C6H12O.C5H13NOSe.C5H13NSe.C4H11NSe.C3H9NSe/c1-8(16)3-4-25(2)5-9-11(22)12(23)15(24-9)21-7-20-10-13(17)18-6-19-14(10)21;1-7(15)2-3-25(23)4-8-10(21)11(22)14(24-8)20-6-19-9-12(16)17-5-18-13(9)20;1-7(15)2-3-24-4-8-10(21)11(22)14(23-8)20-6-19-9-12(16)17-5-18-13(9)20;11-8-5-9(13-2-12-8)15(3-14-5)10-7(18)6(17)4(1-16)19-10;1-2-6-4-3-5-7-6;1-5(6)3-4-8(2)7;1-5(6)3-4-7-2;1-4(5)2-3-6;1-3(4)2-5/h6-9,11-12,15,22-23,25H,3-5,16H2,1-2H3,(H2,17,18,19);5-8,10-11,14,21-22H,2-4,15H2,1H3,(H2,16,17,18);5-8,10-11,14,21-22H,2-4,15H2,1H3,(H2,16,17,18);2-4,6-7,10,16-18H,1H2,(H2,11,12,13);6H,2-5H2,1H3;5H,3-4,6H2,1-2H3;5H,3-4,6H2,1-2H3;4,6H,2-3,5H2,1H3;3,5H,2,4H2,1H3/p+7/t8-,9-,11+,12?,15-;7-,8-,10+,11?,14-,25?;7-,8-,10+,11?,14-;4-,6+,7?,10-;;5-,8?;5-;4-;3-/m1111.1111/s1. The summed E-state index contributed by atoms with van der Waals surface area (Å²) in [4.78, 5) is 48.5. The summed E-state index contributed by atoms with van der Waals surface area (Å²) in [6.45, 7) is 17.4. The van der Waals surface area contributed by atoms with Gasteiger partial charge < -0.3 is 30.5 Å². The molecule has 38 N–H and O–H groups in total. The Morgan fingerprint density at radius 1 is 0.492 bits per heavy atom. The Morgan fingerprint density at radius 2 is 0.841 bits per heavy atom. The number of hydrogen-bond acceptors (Lipinski definition) is 32. The molecule has 0 radical (unpaired) electrons. The van der Waals surface area contributed by atoms with Crippen LogP contribution in [0.5, 0.6) is 0 Å². The number of anilines is 4. The second-order valence-corrected chi connectivity index (χ2v) is 50.7. The van der Waals surface area contributed by atoms with Gasteiger partial charge in [0, 0.05) is 6.61 Å². The number of imidazole rings is 4. The summed E-state index contributed by atoms with van der Waals surface area (Å²) in [5, 5.41) is 100. The van der Waals surface area contributed by atoms with Gasteiger partial charge in [-0.2, -0.15) is 0 Å². The molecule has 0 saturated carbocycles. The SMILES string of the molecule is CCC1CCCO1.C[C@@H]([NH3+])CC[SeH].C[C@@H]([NH3+])CC[SeH](C)C[C@H]1O[C@@H](n2cnc3c(N)ncnc32)C(O)[C@H]1O.C[C@@H]([NH3+])CC[Se](=O)C[C@H]1O[C@@H](n2cnc3c(N)ncnc32)C(O)[C@H]1O.C[C@@H]([NH3+])CC[Se](C)=O.C[C@@H]([NH3+])CC[Se]C[C@H]1O[C@@H](n2cnc3c(N)ncnc32)C(O)[C@H]1O.C[C@@H]([NH3+])C[SeH].C[Se]CC[C@@H](C)[NH3+].Nc1ncnc2c1ncn2[C@@H]1O[C@H](CO)[C@H](O)C1O. The zero-order valence-corrected chi connectivity index (χ0v) is 87.1. The summed E-state index contributed by atoms with van der Waals surface area (Å²) in [5.74, 6) is 7.35. The van der Waals surface area contributed by atoms with Crippen LogP contribution in [0, 0.1) is 0 Å². The Morgan fingerprint density at radius 3 is 1.14 bits per heavy atom. The fourth-order valence-corrected chi connectivity index (χ4v) is 26.1. The molecular formula is C76H148N27O16Se7+7. The molecule has 8 aromatic heterocycles. The smallest absolute Gasteiger partial charge is 0.167 e. The largest absolute Gasteiger partial charge is 0.394 e. The molecule has 13 rings (SSSR count). The molecule has 5 aliphatic heterocycles. The van der Waals surface area contributed by atoms with Gasteiger partial charge in [0.15, 0.2) is 17.7 Å². The Bertz CT molecular complexity index is 4420. The first-order valence-corrected chi connectivity index (χ1v) is 61.5. The minimum atomic E-state index is -2.16. The van der Waals surface area contributed by atoms with Crippen LogP contribution >= 0.6 is 0 Å². The number of ether oxygens (including phenoxy) is 5. The number of nitrogens with two attached hydrogens (primary N) is 4. The Kier molecular flexibility index (Phi) is 51.7. The van der Waals surface area contributed by atoms with Crippen molar-refractivity contribution >= 4 is 171 Å². The second kappa shape index (κ2) is 58.1. The quantitative estimate of drug-likeness (QED) is 0.0147. The summed E-state index contributed by atoms with van der Waals surface area (Å²) in [5.41, 5.74) is 53.6. The van der Waals surface area contributed by atoms with Crippen molar-refractivity contribution in [1.29, 1.82) is 0 Å². The van der Waals surface area contributed by atoms with Crippen LogP contribution in [0.25, 0.3) is 44.7 Å². The van der Waals surface area contributed by atoms with E-state index < -0.39 is 134 Å². The second-order valence-electron chi connectivity index (χ2n) is 32.5. The van der Waals surface area contributed by atoms with Gasteiger partial charge in [0.25, 0.3) is 0 Å².